The van der Waals surface area contributed by atoms with E-state index < -0.39 is 0 Å². The van der Waals surface area contributed by atoms with Crippen molar-refractivity contribution in [3.8, 4) is 17.2 Å². The van der Waals surface area contributed by atoms with E-state index in [0.29, 0.717) is 61.8 Å². The van der Waals surface area contributed by atoms with E-state index in [1.807, 2.05) is 65.6 Å². The zero-order chi connectivity index (χ0) is 26.2. The zero-order valence-corrected chi connectivity index (χ0v) is 21.7. The molecule has 0 radical (unpaired) electrons. The van der Waals surface area contributed by atoms with Gasteiger partial charge >= 0.3 is 0 Å². The second-order valence-corrected chi connectivity index (χ2v) is 9.15. The van der Waals surface area contributed by atoms with Crippen LogP contribution in [-0.4, -0.2) is 56.0 Å². The molecule has 4 rings (SSSR count). The Morgan fingerprint density at radius 1 is 0.784 bits per heavy atom. The first-order chi connectivity index (χ1) is 18.0. The summed E-state index contributed by atoms with van der Waals surface area (Å²) in [5.74, 6) is 1.21. The summed E-state index contributed by atoms with van der Waals surface area (Å²) in [4.78, 5) is 30.7. The number of ether oxygens (including phenoxy) is 3. The predicted molar refractivity (Wildman–Crippen MR) is 142 cm³/mol. The number of amides is 2. The molecule has 0 bridgehead atoms. The minimum Gasteiger partial charge on any atom is -0.493 e. The molecule has 2 amide bonds. The average molecular weight is 503 g/mol. The van der Waals surface area contributed by atoms with Crippen LogP contribution < -0.4 is 14.2 Å². The van der Waals surface area contributed by atoms with Gasteiger partial charge in [0, 0.05) is 37.7 Å². The third-order valence-electron chi connectivity index (χ3n) is 6.79. The van der Waals surface area contributed by atoms with E-state index in [0.717, 1.165) is 11.1 Å². The maximum atomic E-state index is 13.7. The van der Waals surface area contributed by atoms with E-state index in [9.17, 15) is 9.59 Å². The van der Waals surface area contributed by atoms with Crippen molar-refractivity contribution in [3.05, 3.63) is 89.5 Å². The molecule has 37 heavy (non-hydrogen) atoms. The highest BCUT2D eigenvalue weighted by Crippen LogP contribution is 2.38. The van der Waals surface area contributed by atoms with Crippen molar-refractivity contribution in [2.24, 2.45) is 5.92 Å². The Labute approximate surface area is 218 Å². The molecule has 1 aliphatic heterocycles. The van der Waals surface area contributed by atoms with Crippen LogP contribution in [0.2, 0.25) is 0 Å². The Hall–Kier alpha value is -4.00. The lowest BCUT2D eigenvalue weighted by molar-refractivity contribution is -0.138. The number of carbonyl (C=O) groups is 2. The Bertz CT molecular complexity index is 1120. The number of carbonyl (C=O) groups excluding carboxylic acids is 2. The number of hydrogen-bond acceptors (Lipinski definition) is 5. The van der Waals surface area contributed by atoms with Gasteiger partial charge in [0.05, 0.1) is 21.3 Å². The van der Waals surface area contributed by atoms with E-state index in [1.165, 1.54) is 21.3 Å². The van der Waals surface area contributed by atoms with Gasteiger partial charge in [0.25, 0.3) is 5.91 Å². The Morgan fingerprint density at radius 2 is 1.27 bits per heavy atom. The van der Waals surface area contributed by atoms with Gasteiger partial charge < -0.3 is 24.0 Å². The molecule has 0 aliphatic carbocycles. The SMILES string of the molecule is COc1cc(C(=O)N2CCC(C(=O)N(Cc3ccccc3)Cc3ccccc3)CC2)cc(OC)c1OC. The summed E-state index contributed by atoms with van der Waals surface area (Å²) in [6.07, 6.45) is 1.24. The van der Waals surface area contributed by atoms with Crippen LogP contribution in [0.3, 0.4) is 0 Å². The van der Waals surface area contributed by atoms with Crippen molar-refractivity contribution in [1.29, 1.82) is 0 Å². The molecule has 1 heterocycles. The van der Waals surface area contributed by atoms with Gasteiger partial charge in [-0.1, -0.05) is 60.7 Å². The smallest absolute Gasteiger partial charge is 0.254 e. The van der Waals surface area contributed by atoms with Gasteiger partial charge in [-0.3, -0.25) is 9.59 Å². The van der Waals surface area contributed by atoms with Crippen LogP contribution in [0.4, 0.5) is 0 Å². The fourth-order valence-electron chi connectivity index (χ4n) is 4.79. The second kappa shape index (κ2) is 12.3. The first-order valence-corrected chi connectivity index (χ1v) is 12.5. The number of rotatable bonds is 9. The second-order valence-electron chi connectivity index (χ2n) is 9.15. The lowest BCUT2D eigenvalue weighted by atomic mass is 9.94. The summed E-state index contributed by atoms with van der Waals surface area (Å²) in [7, 11) is 4.58. The summed E-state index contributed by atoms with van der Waals surface area (Å²) in [6, 6.07) is 23.5. The molecule has 1 aliphatic rings. The molecule has 1 fully saturated rings. The lowest BCUT2D eigenvalue weighted by Gasteiger charge is -2.34. The molecule has 0 spiro atoms. The summed E-state index contributed by atoms with van der Waals surface area (Å²) in [5.41, 5.74) is 2.66. The molecule has 0 aromatic heterocycles. The molecular weight excluding hydrogens is 468 g/mol. The number of piperidine rings is 1. The van der Waals surface area contributed by atoms with Crippen LogP contribution in [0.25, 0.3) is 0 Å². The van der Waals surface area contributed by atoms with Gasteiger partial charge in [-0.05, 0) is 36.1 Å². The molecule has 7 nitrogen and oxygen atoms in total. The minimum atomic E-state index is -0.128. The molecule has 7 heteroatoms. The third kappa shape index (κ3) is 6.23. The van der Waals surface area contributed by atoms with Crippen LogP contribution in [0.15, 0.2) is 72.8 Å². The van der Waals surface area contributed by atoms with Gasteiger partial charge in [0.2, 0.25) is 11.7 Å². The molecule has 1 saturated heterocycles. The summed E-state index contributed by atoms with van der Waals surface area (Å²) >= 11 is 0. The maximum Gasteiger partial charge on any atom is 0.254 e. The maximum absolute atomic E-state index is 13.7. The quantitative estimate of drug-likeness (QED) is 0.421. The van der Waals surface area contributed by atoms with Gasteiger partial charge in [-0.25, -0.2) is 0 Å². The monoisotopic (exact) mass is 502 g/mol. The van der Waals surface area contributed by atoms with Crippen molar-refractivity contribution >= 4 is 11.8 Å². The first kappa shape index (κ1) is 26.1. The largest absolute Gasteiger partial charge is 0.493 e. The van der Waals surface area contributed by atoms with Crippen LogP contribution in [-0.2, 0) is 17.9 Å². The number of hydrogen-bond donors (Lipinski definition) is 0. The van der Waals surface area contributed by atoms with Crippen molar-refractivity contribution in [2.45, 2.75) is 25.9 Å². The predicted octanol–water partition coefficient (Wildman–Crippen LogP) is 4.79. The zero-order valence-electron chi connectivity index (χ0n) is 21.7. The fraction of sp³-hybridized carbons (Fsp3) is 0.333. The molecule has 0 N–H and O–H groups in total. The van der Waals surface area contributed by atoms with Crippen molar-refractivity contribution in [3.63, 3.8) is 0 Å². The van der Waals surface area contributed by atoms with Gasteiger partial charge in [0.15, 0.2) is 11.5 Å². The van der Waals surface area contributed by atoms with Crippen molar-refractivity contribution < 1.29 is 23.8 Å². The van der Waals surface area contributed by atoms with Crippen LogP contribution in [0.1, 0.15) is 34.3 Å². The summed E-state index contributed by atoms with van der Waals surface area (Å²) < 4.78 is 16.2. The number of likely N-dealkylation sites (tertiary alicyclic amines) is 1. The van der Waals surface area contributed by atoms with E-state index >= 15 is 0 Å². The fourth-order valence-corrected chi connectivity index (χ4v) is 4.79. The Balaban J connectivity index is 1.45. The lowest BCUT2D eigenvalue weighted by Crippen LogP contribution is -2.44. The van der Waals surface area contributed by atoms with E-state index in [2.05, 4.69) is 0 Å². The first-order valence-electron chi connectivity index (χ1n) is 12.5. The number of benzene rings is 3. The van der Waals surface area contributed by atoms with Crippen LogP contribution in [0.5, 0.6) is 17.2 Å². The Kier molecular flexibility index (Phi) is 8.67. The summed E-state index contributed by atoms with van der Waals surface area (Å²) in [5, 5.41) is 0. The molecule has 194 valence electrons. The van der Waals surface area contributed by atoms with Gasteiger partial charge in [-0.15, -0.1) is 0 Å². The molecule has 0 unspecified atom stereocenters. The molecule has 3 aromatic carbocycles. The van der Waals surface area contributed by atoms with Gasteiger partial charge in [0.1, 0.15) is 0 Å². The van der Waals surface area contributed by atoms with E-state index in [1.54, 1.807) is 17.0 Å². The highest BCUT2D eigenvalue weighted by molar-refractivity contribution is 5.96. The Morgan fingerprint density at radius 3 is 1.70 bits per heavy atom. The van der Waals surface area contributed by atoms with E-state index in [4.69, 9.17) is 14.2 Å². The number of methoxy groups -OCH3 is 3. The molecular formula is C30H34N2O5. The topological polar surface area (TPSA) is 68.3 Å². The van der Waals surface area contributed by atoms with Crippen LogP contribution in [0, 0.1) is 5.92 Å². The number of nitrogens with zero attached hydrogens (tertiary/aromatic N) is 2. The molecule has 0 saturated carbocycles. The van der Waals surface area contributed by atoms with Gasteiger partial charge in [-0.2, -0.15) is 0 Å². The highest BCUT2D eigenvalue weighted by atomic mass is 16.5. The van der Waals surface area contributed by atoms with Crippen molar-refractivity contribution in [1.82, 2.24) is 9.80 Å². The van der Waals surface area contributed by atoms with Crippen LogP contribution >= 0.6 is 0 Å². The highest BCUT2D eigenvalue weighted by Gasteiger charge is 2.31. The molecule has 3 aromatic rings. The standard InChI is InChI=1S/C30H34N2O5/c1-35-26-18-25(19-27(36-2)28(26)37-3)30(34)31-16-14-24(15-17-31)29(33)32(20-22-10-6-4-7-11-22)21-23-12-8-5-9-13-23/h4-13,18-19,24H,14-17,20-21H2,1-3H3. The third-order valence-corrected chi connectivity index (χ3v) is 6.79. The molecule has 0 atom stereocenters. The van der Waals surface area contributed by atoms with E-state index in [-0.39, 0.29) is 17.7 Å². The summed E-state index contributed by atoms with van der Waals surface area (Å²) in [6.45, 7) is 2.13. The average Bonchev–Trinajstić information content (AvgIpc) is 2.96. The normalized spacial score (nSPS) is 13.6. The minimum absolute atomic E-state index is 0.115. The van der Waals surface area contributed by atoms with Crippen molar-refractivity contribution in [2.75, 3.05) is 34.4 Å².